The van der Waals surface area contributed by atoms with Crippen molar-refractivity contribution >= 4 is 16.9 Å². The molecule has 1 fully saturated rings. The Morgan fingerprint density at radius 2 is 1.92 bits per heavy atom. The van der Waals surface area contributed by atoms with Gasteiger partial charge < -0.3 is 9.30 Å². The van der Waals surface area contributed by atoms with E-state index in [0.717, 1.165) is 31.9 Å². The van der Waals surface area contributed by atoms with Crippen molar-refractivity contribution in [1.82, 2.24) is 28.4 Å². The van der Waals surface area contributed by atoms with Crippen molar-refractivity contribution in [2.45, 2.75) is 39.5 Å². The summed E-state index contributed by atoms with van der Waals surface area (Å²) in [6.07, 6.45) is 2.35. The molecule has 3 aromatic rings. The summed E-state index contributed by atoms with van der Waals surface area (Å²) in [4.78, 5) is 33.4. The van der Waals surface area contributed by atoms with Gasteiger partial charge in [-0.15, -0.1) is 0 Å². The molecule has 26 heavy (non-hydrogen) atoms. The minimum absolute atomic E-state index is 0.228. The van der Waals surface area contributed by atoms with Gasteiger partial charge in [0.2, 0.25) is 5.78 Å². The number of fused-ring (bicyclic) bond motifs is 3. The van der Waals surface area contributed by atoms with Gasteiger partial charge in [0.05, 0.1) is 12.2 Å². The molecule has 9 nitrogen and oxygen atoms in total. The Labute approximate surface area is 149 Å². The summed E-state index contributed by atoms with van der Waals surface area (Å²) < 4.78 is 11.0. The van der Waals surface area contributed by atoms with Crippen LogP contribution in [0.4, 0.5) is 0 Å². The number of nitrogens with zero attached hydrogens (tertiary/aromatic N) is 5. The van der Waals surface area contributed by atoms with Crippen LogP contribution in [0.2, 0.25) is 0 Å². The molecule has 1 N–H and O–H groups in total. The number of imidazole rings is 2. The molecule has 4 heterocycles. The Morgan fingerprint density at radius 3 is 2.62 bits per heavy atom. The standard InChI is InChI=1S/C17H24N6O3/c1-10-7-23-13-14(20(4)17(25)19-15(13)24)18-16(23)22(10)6-5-21-8-11(2)26-12(3)9-21/h7,11-12H,5-6,8-9H2,1-4H3,(H,19,24,25)/t11-,12-/m1/s1. The minimum Gasteiger partial charge on any atom is -0.373 e. The molecule has 1 aliphatic heterocycles. The van der Waals surface area contributed by atoms with E-state index in [1.807, 2.05) is 13.1 Å². The summed E-state index contributed by atoms with van der Waals surface area (Å²) in [6.45, 7) is 9.64. The first kappa shape index (κ1) is 17.0. The van der Waals surface area contributed by atoms with Gasteiger partial charge >= 0.3 is 5.69 Å². The fourth-order valence-corrected chi connectivity index (χ4v) is 3.90. The van der Waals surface area contributed by atoms with Gasteiger partial charge in [-0.3, -0.25) is 23.6 Å². The molecule has 9 heteroatoms. The number of aromatic nitrogens is 5. The van der Waals surface area contributed by atoms with Crippen LogP contribution < -0.4 is 11.2 Å². The Morgan fingerprint density at radius 1 is 1.23 bits per heavy atom. The van der Waals surface area contributed by atoms with Crippen molar-refractivity contribution in [1.29, 1.82) is 0 Å². The number of H-pyrrole nitrogens is 1. The first-order valence-electron chi connectivity index (χ1n) is 8.90. The topological polar surface area (TPSA) is 89.6 Å². The van der Waals surface area contributed by atoms with Gasteiger partial charge in [-0.05, 0) is 20.8 Å². The van der Waals surface area contributed by atoms with E-state index in [2.05, 4.69) is 33.3 Å². The number of morpholine rings is 1. The maximum atomic E-state index is 12.3. The van der Waals surface area contributed by atoms with Gasteiger partial charge in [-0.2, -0.15) is 4.98 Å². The van der Waals surface area contributed by atoms with Crippen LogP contribution in [-0.4, -0.2) is 60.2 Å². The highest BCUT2D eigenvalue weighted by Crippen LogP contribution is 2.17. The summed E-state index contributed by atoms with van der Waals surface area (Å²) in [6, 6.07) is 0. The molecule has 3 aromatic heterocycles. The van der Waals surface area contributed by atoms with Crippen molar-refractivity contribution in [2.24, 2.45) is 7.05 Å². The minimum atomic E-state index is -0.456. The highest BCUT2D eigenvalue weighted by Gasteiger charge is 2.23. The summed E-state index contributed by atoms with van der Waals surface area (Å²) >= 11 is 0. The number of aryl methyl sites for hydroxylation is 2. The lowest BCUT2D eigenvalue weighted by molar-refractivity contribution is -0.0685. The molecule has 1 aliphatic rings. The highest BCUT2D eigenvalue weighted by molar-refractivity contribution is 5.75. The van der Waals surface area contributed by atoms with Crippen molar-refractivity contribution in [2.75, 3.05) is 19.6 Å². The Hall–Kier alpha value is -2.39. The van der Waals surface area contributed by atoms with Crippen LogP contribution in [0.5, 0.6) is 0 Å². The van der Waals surface area contributed by atoms with E-state index in [0.29, 0.717) is 16.9 Å². The molecule has 0 aromatic carbocycles. The molecule has 2 atom stereocenters. The number of hydrogen-bond acceptors (Lipinski definition) is 5. The van der Waals surface area contributed by atoms with Crippen LogP contribution in [0, 0.1) is 6.92 Å². The third-order valence-electron chi connectivity index (χ3n) is 5.05. The second kappa shape index (κ2) is 6.10. The number of ether oxygens (including phenoxy) is 1. The van der Waals surface area contributed by atoms with E-state index in [1.54, 1.807) is 11.4 Å². The Kier molecular flexibility index (Phi) is 4.00. The van der Waals surface area contributed by atoms with E-state index >= 15 is 0 Å². The number of rotatable bonds is 3. The molecular formula is C17H24N6O3. The normalized spacial score (nSPS) is 21.8. The molecule has 4 rings (SSSR count). The molecule has 0 aliphatic carbocycles. The molecule has 0 spiro atoms. The molecule has 0 amide bonds. The third-order valence-corrected chi connectivity index (χ3v) is 5.05. The van der Waals surface area contributed by atoms with Crippen molar-refractivity contribution in [3.63, 3.8) is 0 Å². The fourth-order valence-electron chi connectivity index (χ4n) is 3.90. The fraction of sp³-hybridized carbons (Fsp3) is 0.588. The zero-order chi connectivity index (χ0) is 18.6. The van der Waals surface area contributed by atoms with Crippen molar-refractivity contribution in [3.05, 3.63) is 32.7 Å². The quantitative estimate of drug-likeness (QED) is 0.715. The SMILES string of the molecule is Cc1cn2c3c(=O)[nH]c(=O)n(C)c3nc2n1CCN1C[C@@H](C)O[C@H](C)C1. The zero-order valence-corrected chi connectivity index (χ0v) is 15.5. The second-order valence-electron chi connectivity index (χ2n) is 7.21. The highest BCUT2D eigenvalue weighted by atomic mass is 16.5. The lowest BCUT2D eigenvalue weighted by atomic mass is 10.2. The average Bonchev–Trinajstić information content (AvgIpc) is 3.05. The number of aromatic amines is 1. The maximum absolute atomic E-state index is 12.3. The lowest BCUT2D eigenvalue weighted by Gasteiger charge is -2.35. The van der Waals surface area contributed by atoms with Gasteiger partial charge in [0.1, 0.15) is 0 Å². The van der Waals surface area contributed by atoms with E-state index < -0.39 is 11.2 Å². The van der Waals surface area contributed by atoms with Crippen LogP contribution in [-0.2, 0) is 18.3 Å². The van der Waals surface area contributed by atoms with Gasteiger partial charge in [-0.25, -0.2) is 4.79 Å². The van der Waals surface area contributed by atoms with Gasteiger partial charge in [0, 0.05) is 45.1 Å². The maximum Gasteiger partial charge on any atom is 0.329 e. The van der Waals surface area contributed by atoms with Crippen LogP contribution in [0.25, 0.3) is 16.9 Å². The van der Waals surface area contributed by atoms with Crippen molar-refractivity contribution < 1.29 is 4.74 Å². The number of nitrogens with one attached hydrogen (secondary N) is 1. The second-order valence-corrected chi connectivity index (χ2v) is 7.21. The van der Waals surface area contributed by atoms with Crippen LogP contribution in [0.1, 0.15) is 19.5 Å². The van der Waals surface area contributed by atoms with Gasteiger partial charge in [0.25, 0.3) is 5.56 Å². The van der Waals surface area contributed by atoms with Gasteiger partial charge in [0.15, 0.2) is 11.2 Å². The monoisotopic (exact) mass is 360 g/mol. The van der Waals surface area contributed by atoms with Crippen LogP contribution >= 0.6 is 0 Å². The number of hydrogen-bond donors (Lipinski definition) is 1. The summed E-state index contributed by atoms with van der Waals surface area (Å²) in [5, 5.41) is 0. The third kappa shape index (κ3) is 2.67. The van der Waals surface area contributed by atoms with Gasteiger partial charge in [-0.1, -0.05) is 0 Å². The molecule has 140 valence electrons. The lowest BCUT2D eigenvalue weighted by Crippen LogP contribution is -2.46. The van der Waals surface area contributed by atoms with E-state index in [1.165, 1.54) is 4.57 Å². The average molecular weight is 360 g/mol. The molecule has 0 unspecified atom stereocenters. The summed E-state index contributed by atoms with van der Waals surface area (Å²) in [7, 11) is 1.61. The molecule has 0 saturated carbocycles. The molecule has 0 bridgehead atoms. The first-order chi connectivity index (χ1) is 12.3. The largest absolute Gasteiger partial charge is 0.373 e. The smallest absolute Gasteiger partial charge is 0.329 e. The van der Waals surface area contributed by atoms with E-state index in [4.69, 9.17) is 4.74 Å². The van der Waals surface area contributed by atoms with Crippen molar-refractivity contribution in [3.8, 4) is 0 Å². The van der Waals surface area contributed by atoms with Crippen LogP contribution in [0.15, 0.2) is 15.8 Å². The summed E-state index contributed by atoms with van der Waals surface area (Å²) in [5.41, 5.74) is 0.956. The predicted molar refractivity (Wildman–Crippen MR) is 97.7 cm³/mol. The summed E-state index contributed by atoms with van der Waals surface area (Å²) in [5.74, 6) is 0.679. The van der Waals surface area contributed by atoms with Crippen LogP contribution in [0.3, 0.4) is 0 Å². The van der Waals surface area contributed by atoms with E-state index in [-0.39, 0.29) is 12.2 Å². The predicted octanol–water partition coefficient (Wildman–Crippen LogP) is 0.0936. The Bertz CT molecular complexity index is 1080. The Balaban J connectivity index is 1.71. The molecule has 0 radical (unpaired) electrons. The molecule has 1 saturated heterocycles. The first-order valence-corrected chi connectivity index (χ1v) is 8.90. The zero-order valence-electron chi connectivity index (χ0n) is 15.5. The molecular weight excluding hydrogens is 336 g/mol. The van der Waals surface area contributed by atoms with E-state index in [9.17, 15) is 9.59 Å².